The van der Waals surface area contributed by atoms with Crippen molar-refractivity contribution in [1.82, 2.24) is 0 Å². The lowest BCUT2D eigenvalue weighted by molar-refractivity contribution is -0.110. The maximum atomic E-state index is 12.5. The highest BCUT2D eigenvalue weighted by Gasteiger charge is 2.28. The van der Waals surface area contributed by atoms with Gasteiger partial charge < -0.3 is 10.4 Å². The quantitative estimate of drug-likeness (QED) is 0.581. The average molecular weight is 384 g/mol. The van der Waals surface area contributed by atoms with E-state index in [4.69, 9.17) is 11.6 Å². The number of carbonyl (C=O) groups is 1. The van der Waals surface area contributed by atoms with Gasteiger partial charge in [-0.25, -0.2) is 0 Å². The van der Waals surface area contributed by atoms with Crippen LogP contribution in [0.1, 0.15) is 63.8 Å². The Bertz CT molecular complexity index is 924. The fourth-order valence-electron chi connectivity index (χ4n) is 3.35. The minimum absolute atomic E-state index is 0.144. The maximum absolute atomic E-state index is 12.5. The standard InChI is InChI=1S/C23H26ClNO2/c1-22(2,3)17-10-13(11-18(20(17)26)23(4,5)6)9-16-15-12-14(24)7-8-19(15)25-21(16)27/h7-12,26H,1-6H3,(H,25,27)/b16-9+. The first kappa shape index (κ1) is 19.5. The highest BCUT2D eigenvalue weighted by Crippen LogP contribution is 2.41. The summed E-state index contributed by atoms with van der Waals surface area (Å²) >= 11 is 6.13. The van der Waals surface area contributed by atoms with Gasteiger partial charge in [0.15, 0.2) is 0 Å². The van der Waals surface area contributed by atoms with Gasteiger partial charge in [0.2, 0.25) is 0 Å². The number of phenolic OH excluding ortho intramolecular Hbond substituents is 1. The van der Waals surface area contributed by atoms with Crippen molar-refractivity contribution in [3.8, 4) is 5.75 Å². The Hall–Kier alpha value is -2.26. The van der Waals surface area contributed by atoms with E-state index in [1.165, 1.54) is 0 Å². The van der Waals surface area contributed by atoms with Gasteiger partial charge in [-0.05, 0) is 52.8 Å². The van der Waals surface area contributed by atoms with Gasteiger partial charge in [0.25, 0.3) is 5.91 Å². The first-order valence-corrected chi connectivity index (χ1v) is 9.46. The topological polar surface area (TPSA) is 49.3 Å². The van der Waals surface area contributed by atoms with Crippen molar-refractivity contribution in [2.75, 3.05) is 5.32 Å². The van der Waals surface area contributed by atoms with E-state index in [1.807, 2.05) is 24.3 Å². The van der Waals surface area contributed by atoms with Crippen LogP contribution in [0.5, 0.6) is 5.75 Å². The van der Waals surface area contributed by atoms with E-state index in [0.29, 0.717) is 16.3 Å². The third kappa shape index (κ3) is 3.74. The van der Waals surface area contributed by atoms with Gasteiger partial charge >= 0.3 is 0 Å². The highest BCUT2D eigenvalue weighted by molar-refractivity contribution is 6.36. The molecule has 0 atom stereocenters. The molecule has 1 aliphatic heterocycles. The molecule has 0 bridgehead atoms. The van der Waals surface area contributed by atoms with Gasteiger partial charge in [0.1, 0.15) is 5.75 Å². The first-order valence-electron chi connectivity index (χ1n) is 9.09. The summed E-state index contributed by atoms with van der Waals surface area (Å²) in [5, 5.41) is 14.3. The van der Waals surface area contributed by atoms with Crippen LogP contribution < -0.4 is 5.32 Å². The molecule has 142 valence electrons. The monoisotopic (exact) mass is 383 g/mol. The molecule has 27 heavy (non-hydrogen) atoms. The number of aromatic hydroxyl groups is 1. The van der Waals surface area contributed by atoms with Crippen LogP contribution in [-0.4, -0.2) is 11.0 Å². The van der Waals surface area contributed by atoms with E-state index in [2.05, 4.69) is 46.9 Å². The molecule has 3 rings (SSSR count). The number of hydrogen-bond acceptors (Lipinski definition) is 2. The zero-order chi connectivity index (χ0) is 20.1. The van der Waals surface area contributed by atoms with Crippen LogP contribution in [-0.2, 0) is 15.6 Å². The second-order valence-corrected chi connectivity index (χ2v) is 9.60. The largest absolute Gasteiger partial charge is 0.507 e. The number of carbonyl (C=O) groups excluding carboxylic acids is 1. The predicted molar refractivity (Wildman–Crippen MR) is 113 cm³/mol. The maximum Gasteiger partial charge on any atom is 0.256 e. The van der Waals surface area contributed by atoms with Crippen LogP contribution in [0, 0.1) is 0 Å². The summed E-state index contributed by atoms with van der Waals surface area (Å²) in [5.41, 5.74) is 4.32. The SMILES string of the molecule is CC(C)(C)c1cc(/C=C2/C(=O)Nc3ccc(Cl)cc32)cc(C(C)(C)C)c1O. The van der Waals surface area contributed by atoms with Crippen LogP contribution in [0.15, 0.2) is 30.3 Å². The van der Waals surface area contributed by atoms with E-state index >= 15 is 0 Å². The predicted octanol–water partition coefficient (Wildman–Crippen LogP) is 6.13. The summed E-state index contributed by atoms with van der Waals surface area (Å²) in [5.74, 6) is 0.187. The fraction of sp³-hybridized carbons (Fsp3) is 0.348. The van der Waals surface area contributed by atoms with Crippen molar-refractivity contribution in [2.24, 2.45) is 0 Å². The molecule has 1 amide bonds. The van der Waals surface area contributed by atoms with E-state index in [1.54, 1.807) is 12.1 Å². The van der Waals surface area contributed by atoms with Crippen LogP contribution in [0.3, 0.4) is 0 Å². The third-order valence-corrected chi connectivity index (χ3v) is 5.06. The molecule has 1 heterocycles. The molecule has 0 unspecified atom stereocenters. The molecule has 4 heteroatoms. The molecule has 0 fully saturated rings. The summed E-state index contributed by atoms with van der Waals surface area (Å²) in [6.45, 7) is 12.4. The van der Waals surface area contributed by atoms with Crippen molar-refractivity contribution in [2.45, 2.75) is 52.4 Å². The zero-order valence-corrected chi connectivity index (χ0v) is 17.5. The molecule has 0 spiro atoms. The summed E-state index contributed by atoms with van der Waals surface area (Å²) in [4.78, 5) is 12.5. The Morgan fingerprint density at radius 1 is 0.963 bits per heavy atom. The number of benzene rings is 2. The number of nitrogens with one attached hydrogen (secondary N) is 1. The molecule has 0 saturated heterocycles. The third-order valence-electron chi connectivity index (χ3n) is 4.82. The minimum atomic E-state index is -0.224. The van der Waals surface area contributed by atoms with Crippen molar-refractivity contribution < 1.29 is 9.90 Å². The molecular weight excluding hydrogens is 358 g/mol. The molecule has 0 aliphatic carbocycles. The summed E-state index contributed by atoms with van der Waals surface area (Å²) in [7, 11) is 0. The lowest BCUT2D eigenvalue weighted by Crippen LogP contribution is -2.17. The fourth-order valence-corrected chi connectivity index (χ4v) is 3.53. The smallest absolute Gasteiger partial charge is 0.256 e. The molecule has 2 N–H and O–H groups in total. The lowest BCUT2D eigenvalue weighted by atomic mass is 9.78. The van der Waals surface area contributed by atoms with Crippen molar-refractivity contribution >= 4 is 34.8 Å². The van der Waals surface area contributed by atoms with Crippen LogP contribution in [0.4, 0.5) is 5.69 Å². The van der Waals surface area contributed by atoms with Crippen LogP contribution >= 0.6 is 11.6 Å². The summed E-state index contributed by atoms with van der Waals surface area (Å²) in [6.07, 6.45) is 1.88. The normalized spacial score (nSPS) is 15.8. The van der Waals surface area contributed by atoms with Gasteiger partial charge in [0.05, 0.1) is 0 Å². The molecule has 0 aromatic heterocycles. The second-order valence-electron chi connectivity index (χ2n) is 9.17. The number of amides is 1. The molecule has 3 nitrogen and oxygen atoms in total. The van der Waals surface area contributed by atoms with E-state index in [0.717, 1.165) is 27.9 Å². The van der Waals surface area contributed by atoms with Gasteiger partial charge in [-0.3, -0.25) is 4.79 Å². The van der Waals surface area contributed by atoms with Gasteiger partial charge in [-0.15, -0.1) is 0 Å². The minimum Gasteiger partial charge on any atom is -0.507 e. The van der Waals surface area contributed by atoms with Gasteiger partial charge in [0, 0.05) is 33.0 Å². The van der Waals surface area contributed by atoms with Crippen molar-refractivity contribution in [3.05, 3.63) is 57.6 Å². The molecule has 1 aliphatic rings. The highest BCUT2D eigenvalue weighted by atomic mass is 35.5. The molecule has 2 aromatic rings. The summed E-state index contributed by atoms with van der Waals surface area (Å²) in [6, 6.07) is 9.31. The Kier molecular flexibility index (Phi) is 4.63. The molecular formula is C23H26ClNO2. The number of phenols is 1. The lowest BCUT2D eigenvalue weighted by Gasteiger charge is -2.28. The number of anilines is 1. The Labute approximate surface area is 166 Å². The number of hydrogen-bond donors (Lipinski definition) is 2. The van der Waals surface area contributed by atoms with Gasteiger partial charge in [-0.1, -0.05) is 53.1 Å². The first-order chi connectivity index (χ1) is 12.4. The van der Waals surface area contributed by atoms with E-state index in [9.17, 15) is 9.90 Å². The molecule has 0 radical (unpaired) electrons. The Morgan fingerprint density at radius 2 is 1.52 bits per heavy atom. The van der Waals surface area contributed by atoms with Crippen molar-refractivity contribution in [1.29, 1.82) is 0 Å². The Morgan fingerprint density at radius 3 is 2.04 bits per heavy atom. The number of fused-ring (bicyclic) bond motifs is 1. The number of rotatable bonds is 1. The second kappa shape index (κ2) is 6.42. The van der Waals surface area contributed by atoms with Gasteiger partial charge in [-0.2, -0.15) is 0 Å². The summed E-state index contributed by atoms with van der Waals surface area (Å²) < 4.78 is 0. The average Bonchev–Trinajstić information content (AvgIpc) is 2.82. The zero-order valence-electron chi connectivity index (χ0n) is 16.7. The molecule has 2 aromatic carbocycles. The number of halogens is 1. The van der Waals surface area contributed by atoms with Crippen LogP contribution in [0.25, 0.3) is 11.6 Å². The van der Waals surface area contributed by atoms with E-state index < -0.39 is 0 Å². The van der Waals surface area contributed by atoms with Crippen LogP contribution in [0.2, 0.25) is 5.02 Å². The van der Waals surface area contributed by atoms with E-state index in [-0.39, 0.29) is 16.7 Å². The molecule has 0 saturated carbocycles. The Balaban J connectivity index is 2.23. The van der Waals surface area contributed by atoms with Crippen molar-refractivity contribution in [3.63, 3.8) is 0 Å².